The SMILES string of the molecule is CN(C)S(=O)(=O)CCNC(=O)CC(C)(C)CC(=O)O. The van der Waals surface area contributed by atoms with E-state index in [0.717, 1.165) is 4.31 Å². The van der Waals surface area contributed by atoms with E-state index in [-0.39, 0.29) is 31.0 Å². The van der Waals surface area contributed by atoms with E-state index in [0.29, 0.717) is 0 Å². The van der Waals surface area contributed by atoms with E-state index in [2.05, 4.69) is 5.32 Å². The van der Waals surface area contributed by atoms with E-state index in [9.17, 15) is 18.0 Å². The van der Waals surface area contributed by atoms with Crippen LogP contribution in [0, 0.1) is 5.41 Å². The van der Waals surface area contributed by atoms with Crippen molar-refractivity contribution >= 4 is 21.9 Å². The minimum Gasteiger partial charge on any atom is -0.481 e. The molecule has 112 valence electrons. The molecule has 8 heteroatoms. The van der Waals surface area contributed by atoms with Gasteiger partial charge in [0, 0.05) is 27.1 Å². The second-order valence-electron chi connectivity index (χ2n) is 5.36. The molecule has 0 radical (unpaired) electrons. The Hall–Kier alpha value is -1.15. The van der Waals surface area contributed by atoms with Crippen molar-refractivity contribution in [2.24, 2.45) is 5.41 Å². The van der Waals surface area contributed by atoms with Crippen LogP contribution in [-0.2, 0) is 19.6 Å². The van der Waals surface area contributed by atoms with Crippen molar-refractivity contribution in [2.75, 3.05) is 26.4 Å². The number of carbonyl (C=O) groups excluding carboxylic acids is 1. The molecule has 0 aliphatic rings. The highest BCUT2D eigenvalue weighted by Crippen LogP contribution is 2.24. The van der Waals surface area contributed by atoms with Crippen LogP contribution in [0.15, 0.2) is 0 Å². The summed E-state index contributed by atoms with van der Waals surface area (Å²) in [6.45, 7) is 3.37. The van der Waals surface area contributed by atoms with E-state index >= 15 is 0 Å². The van der Waals surface area contributed by atoms with Crippen molar-refractivity contribution in [1.29, 1.82) is 0 Å². The number of aliphatic carboxylic acids is 1. The molecule has 0 aliphatic heterocycles. The quantitative estimate of drug-likeness (QED) is 0.650. The predicted octanol–water partition coefficient (Wildman–Crippen LogP) is -0.115. The maximum absolute atomic E-state index is 11.6. The number of rotatable bonds is 8. The second kappa shape index (κ2) is 6.85. The monoisotopic (exact) mass is 294 g/mol. The summed E-state index contributed by atoms with van der Waals surface area (Å²) in [5, 5.41) is 11.2. The van der Waals surface area contributed by atoms with E-state index in [1.165, 1.54) is 14.1 Å². The van der Waals surface area contributed by atoms with Gasteiger partial charge in [0.2, 0.25) is 15.9 Å². The van der Waals surface area contributed by atoms with Crippen LogP contribution < -0.4 is 5.32 Å². The van der Waals surface area contributed by atoms with Gasteiger partial charge in [-0.1, -0.05) is 13.8 Å². The van der Waals surface area contributed by atoms with Gasteiger partial charge in [-0.25, -0.2) is 12.7 Å². The van der Waals surface area contributed by atoms with Crippen molar-refractivity contribution in [3.8, 4) is 0 Å². The fourth-order valence-electron chi connectivity index (χ4n) is 1.47. The number of sulfonamides is 1. The summed E-state index contributed by atoms with van der Waals surface area (Å²) in [6.07, 6.45) is -0.0717. The molecule has 0 bridgehead atoms. The second-order valence-corrected chi connectivity index (χ2v) is 7.66. The maximum atomic E-state index is 11.6. The van der Waals surface area contributed by atoms with Gasteiger partial charge in [-0.3, -0.25) is 9.59 Å². The lowest BCUT2D eigenvalue weighted by molar-refractivity contribution is -0.139. The van der Waals surface area contributed by atoms with Gasteiger partial charge in [-0.15, -0.1) is 0 Å². The molecule has 0 aliphatic carbocycles. The Morgan fingerprint density at radius 1 is 1.21 bits per heavy atom. The van der Waals surface area contributed by atoms with Gasteiger partial charge < -0.3 is 10.4 Å². The lowest BCUT2D eigenvalue weighted by atomic mass is 9.85. The summed E-state index contributed by atoms with van der Waals surface area (Å²) in [5.41, 5.74) is -0.656. The summed E-state index contributed by atoms with van der Waals surface area (Å²) in [7, 11) is -0.485. The zero-order valence-corrected chi connectivity index (χ0v) is 12.6. The topological polar surface area (TPSA) is 104 Å². The Morgan fingerprint density at radius 3 is 2.16 bits per heavy atom. The van der Waals surface area contributed by atoms with Gasteiger partial charge in [0.25, 0.3) is 0 Å². The Balaban J connectivity index is 4.18. The Bertz CT molecular complexity index is 428. The summed E-state index contributed by atoms with van der Waals surface area (Å²) in [4.78, 5) is 22.2. The van der Waals surface area contributed by atoms with E-state index in [4.69, 9.17) is 5.11 Å². The molecular weight excluding hydrogens is 272 g/mol. The smallest absolute Gasteiger partial charge is 0.303 e. The van der Waals surface area contributed by atoms with Gasteiger partial charge in [-0.2, -0.15) is 0 Å². The number of hydrogen-bond donors (Lipinski definition) is 2. The van der Waals surface area contributed by atoms with Crippen molar-refractivity contribution in [3.05, 3.63) is 0 Å². The molecule has 0 heterocycles. The van der Waals surface area contributed by atoms with Crippen LogP contribution in [0.2, 0.25) is 0 Å². The third-order valence-corrected chi connectivity index (χ3v) is 4.34. The molecule has 0 aromatic rings. The van der Waals surface area contributed by atoms with Crippen LogP contribution in [-0.4, -0.2) is 56.1 Å². The minimum absolute atomic E-state index is 0.0164. The predicted molar refractivity (Wildman–Crippen MR) is 71.1 cm³/mol. The molecule has 0 fully saturated rings. The molecule has 19 heavy (non-hydrogen) atoms. The van der Waals surface area contributed by atoms with Crippen LogP contribution in [0.5, 0.6) is 0 Å². The van der Waals surface area contributed by atoms with Crippen LogP contribution in [0.1, 0.15) is 26.7 Å². The minimum atomic E-state index is -3.33. The van der Waals surface area contributed by atoms with Gasteiger partial charge in [0.05, 0.1) is 12.2 Å². The van der Waals surface area contributed by atoms with Gasteiger partial charge in [-0.05, 0) is 5.41 Å². The summed E-state index contributed by atoms with van der Waals surface area (Å²) in [5.74, 6) is -1.49. The van der Waals surface area contributed by atoms with Crippen molar-refractivity contribution in [2.45, 2.75) is 26.7 Å². The van der Waals surface area contributed by atoms with Crippen molar-refractivity contribution < 1.29 is 23.1 Å². The number of carbonyl (C=O) groups is 2. The standard InChI is InChI=1S/C11H22N2O5S/c1-11(2,8-10(15)16)7-9(14)12-5-6-19(17,18)13(3)4/h5-8H2,1-4H3,(H,12,14)(H,15,16). The van der Waals surface area contributed by atoms with E-state index in [1.54, 1.807) is 13.8 Å². The molecule has 0 aromatic heterocycles. The third kappa shape index (κ3) is 7.78. The van der Waals surface area contributed by atoms with Gasteiger partial charge in [0.1, 0.15) is 0 Å². The van der Waals surface area contributed by atoms with Crippen molar-refractivity contribution in [3.63, 3.8) is 0 Å². The molecule has 0 atom stereocenters. The summed E-state index contributed by atoms with van der Waals surface area (Å²) < 4.78 is 24.0. The third-order valence-electron chi connectivity index (χ3n) is 2.51. The van der Waals surface area contributed by atoms with E-state index < -0.39 is 21.4 Å². The molecule has 2 N–H and O–H groups in total. The molecule has 0 spiro atoms. The highest BCUT2D eigenvalue weighted by Gasteiger charge is 2.25. The van der Waals surface area contributed by atoms with Gasteiger partial charge >= 0.3 is 5.97 Å². The fourth-order valence-corrected chi connectivity index (χ4v) is 2.20. The zero-order chi connectivity index (χ0) is 15.3. The maximum Gasteiger partial charge on any atom is 0.303 e. The molecule has 0 saturated heterocycles. The number of amides is 1. The number of carboxylic acids is 1. The molecule has 0 rings (SSSR count). The van der Waals surface area contributed by atoms with E-state index in [1.807, 2.05) is 0 Å². The van der Waals surface area contributed by atoms with Crippen LogP contribution in [0.25, 0.3) is 0 Å². The van der Waals surface area contributed by atoms with Crippen LogP contribution in [0.4, 0.5) is 0 Å². The highest BCUT2D eigenvalue weighted by molar-refractivity contribution is 7.89. The largest absolute Gasteiger partial charge is 0.481 e. The lowest BCUT2D eigenvalue weighted by Gasteiger charge is -2.21. The Kier molecular flexibility index (Phi) is 6.44. The fraction of sp³-hybridized carbons (Fsp3) is 0.818. The van der Waals surface area contributed by atoms with Gasteiger partial charge in [0.15, 0.2) is 0 Å². The van der Waals surface area contributed by atoms with Crippen LogP contribution >= 0.6 is 0 Å². The molecule has 0 aromatic carbocycles. The lowest BCUT2D eigenvalue weighted by Crippen LogP contribution is -2.35. The Morgan fingerprint density at radius 2 is 1.74 bits per heavy atom. The molecular formula is C11H22N2O5S. The normalized spacial score (nSPS) is 12.5. The number of hydrogen-bond acceptors (Lipinski definition) is 4. The average molecular weight is 294 g/mol. The first kappa shape index (κ1) is 17.8. The first-order chi connectivity index (χ1) is 8.46. The first-order valence-electron chi connectivity index (χ1n) is 5.85. The number of nitrogens with one attached hydrogen (secondary N) is 1. The summed E-state index contributed by atoms with van der Waals surface area (Å²) in [6, 6.07) is 0. The Labute approximate surface area is 114 Å². The first-order valence-corrected chi connectivity index (χ1v) is 7.46. The molecule has 7 nitrogen and oxygen atoms in total. The molecule has 0 saturated carbocycles. The van der Waals surface area contributed by atoms with Crippen molar-refractivity contribution in [1.82, 2.24) is 9.62 Å². The summed E-state index contributed by atoms with van der Waals surface area (Å²) >= 11 is 0. The molecule has 1 amide bonds. The highest BCUT2D eigenvalue weighted by atomic mass is 32.2. The number of nitrogens with zero attached hydrogens (tertiary/aromatic N) is 1. The zero-order valence-electron chi connectivity index (χ0n) is 11.8. The number of carboxylic acid groups (broad SMARTS) is 1. The average Bonchev–Trinajstić information content (AvgIpc) is 2.13. The molecule has 0 unspecified atom stereocenters. The van der Waals surface area contributed by atoms with Crippen LogP contribution in [0.3, 0.4) is 0 Å².